The molecule has 0 saturated carbocycles. The van der Waals surface area contributed by atoms with Gasteiger partial charge in [0.15, 0.2) is 9.84 Å². The number of alkyl halides is 3. The summed E-state index contributed by atoms with van der Waals surface area (Å²) in [6, 6.07) is 14.4. The quantitative estimate of drug-likeness (QED) is 0.451. The largest absolute Gasteiger partial charge is 0.416 e. The molecule has 0 atom stereocenters. The Morgan fingerprint density at radius 2 is 1.79 bits per heavy atom. The number of sulfone groups is 1. The van der Waals surface area contributed by atoms with Crippen molar-refractivity contribution in [1.29, 1.82) is 0 Å². The Morgan fingerprint density at radius 3 is 2.48 bits per heavy atom. The van der Waals surface area contributed by atoms with Crippen molar-refractivity contribution in [2.75, 3.05) is 11.5 Å². The number of hydrogen-bond donors (Lipinski definition) is 1. The van der Waals surface area contributed by atoms with E-state index in [9.17, 15) is 26.4 Å². The maximum Gasteiger partial charge on any atom is 0.416 e. The highest BCUT2D eigenvalue weighted by atomic mass is 32.2. The van der Waals surface area contributed by atoms with E-state index in [2.05, 4.69) is 10.3 Å². The molecule has 10 heteroatoms. The molecule has 3 aromatic rings. The van der Waals surface area contributed by atoms with Gasteiger partial charge in [-0.15, -0.1) is 11.8 Å². The monoisotopic (exact) mass is 494 g/mol. The molecule has 2 aromatic carbocycles. The number of hydrogen-bond acceptors (Lipinski definition) is 5. The summed E-state index contributed by atoms with van der Waals surface area (Å²) in [5, 5.41) is 2.94. The Labute approximate surface area is 194 Å². The van der Waals surface area contributed by atoms with Crippen molar-refractivity contribution in [3.8, 4) is 0 Å². The second kappa shape index (κ2) is 10.4. The SMILES string of the molecule is Cc1ccc(S(=O)(=O)CCSc2ncccc2C(=O)NCc2cccc(C(F)(F)F)c2)cc1. The number of pyridine rings is 1. The van der Waals surface area contributed by atoms with Crippen LogP contribution in [0.3, 0.4) is 0 Å². The standard InChI is InChI=1S/C23H21F3N2O3S2/c1-16-7-9-19(10-8-16)33(30,31)13-12-32-22-20(6-3-11-27-22)21(29)28-15-17-4-2-5-18(14-17)23(24,25)26/h2-11,14H,12-13,15H2,1H3,(H,28,29). The van der Waals surface area contributed by atoms with Crippen LogP contribution in [0, 0.1) is 6.92 Å². The second-order valence-electron chi connectivity index (χ2n) is 7.22. The summed E-state index contributed by atoms with van der Waals surface area (Å²) in [7, 11) is -3.48. The molecule has 1 aromatic heterocycles. The predicted octanol–water partition coefficient (Wildman–Crippen LogP) is 4.90. The highest BCUT2D eigenvalue weighted by Crippen LogP contribution is 2.29. The Morgan fingerprint density at radius 1 is 1.06 bits per heavy atom. The number of rotatable bonds is 8. The van der Waals surface area contributed by atoms with E-state index in [0.717, 1.165) is 29.5 Å². The molecule has 1 N–H and O–H groups in total. The highest BCUT2D eigenvalue weighted by molar-refractivity contribution is 8.00. The molecule has 0 radical (unpaired) electrons. The molecule has 0 unspecified atom stereocenters. The molecule has 0 aliphatic carbocycles. The molecule has 0 fully saturated rings. The van der Waals surface area contributed by atoms with Crippen LogP contribution in [-0.2, 0) is 22.6 Å². The summed E-state index contributed by atoms with van der Waals surface area (Å²) in [5.74, 6) is -0.464. The van der Waals surface area contributed by atoms with Crippen LogP contribution in [0.1, 0.15) is 27.0 Å². The minimum absolute atomic E-state index is 0.0937. The molecule has 0 aliphatic rings. The van der Waals surface area contributed by atoms with Crippen molar-refractivity contribution in [1.82, 2.24) is 10.3 Å². The van der Waals surface area contributed by atoms with Crippen LogP contribution in [0.4, 0.5) is 13.2 Å². The topological polar surface area (TPSA) is 76.1 Å². The molecule has 0 aliphatic heterocycles. The maximum atomic E-state index is 12.9. The Bertz CT molecular complexity index is 1230. The van der Waals surface area contributed by atoms with Crippen molar-refractivity contribution in [3.05, 3.63) is 89.1 Å². The van der Waals surface area contributed by atoms with Crippen molar-refractivity contribution < 1.29 is 26.4 Å². The van der Waals surface area contributed by atoms with Gasteiger partial charge in [-0.1, -0.05) is 29.8 Å². The zero-order valence-corrected chi connectivity index (χ0v) is 19.2. The lowest BCUT2D eigenvalue weighted by molar-refractivity contribution is -0.137. The number of nitrogens with one attached hydrogen (secondary N) is 1. The Kier molecular flexibility index (Phi) is 7.80. The summed E-state index contributed by atoms with van der Waals surface area (Å²) < 4.78 is 63.6. The first-order valence-corrected chi connectivity index (χ1v) is 12.5. The molecule has 33 heavy (non-hydrogen) atoms. The number of halogens is 3. The first-order valence-electron chi connectivity index (χ1n) is 9.88. The van der Waals surface area contributed by atoms with Crippen molar-refractivity contribution in [2.24, 2.45) is 0 Å². The van der Waals surface area contributed by atoms with Gasteiger partial charge in [-0.05, 0) is 48.9 Å². The molecule has 5 nitrogen and oxygen atoms in total. The molecule has 0 bridgehead atoms. The van der Waals surface area contributed by atoms with E-state index < -0.39 is 27.5 Å². The van der Waals surface area contributed by atoms with Crippen molar-refractivity contribution in [2.45, 2.75) is 29.6 Å². The van der Waals surface area contributed by atoms with Crippen LogP contribution in [-0.4, -0.2) is 30.8 Å². The fourth-order valence-electron chi connectivity index (χ4n) is 2.93. The van der Waals surface area contributed by atoms with Gasteiger partial charge in [0.25, 0.3) is 5.91 Å². The third-order valence-corrected chi connectivity index (χ3v) is 7.69. The summed E-state index contributed by atoms with van der Waals surface area (Å²) in [6.45, 7) is 1.77. The van der Waals surface area contributed by atoms with Crippen LogP contribution in [0.5, 0.6) is 0 Å². The van der Waals surface area contributed by atoms with E-state index in [4.69, 9.17) is 0 Å². The zero-order chi connectivity index (χ0) is 24.1. The summed E-state index contributed by atoms with van der Waals surface area (Å²) in [4.78, 5) is 17.0. The lowest BCUT2D eigenvalue weighted by Crippen LogP contribution is -2.24. The van der Waals surface area contributed by atoms with Crippen LogP contribution in [0.15, 0.2) is 76.8 Å². The maximum absolute atomic E-state index is 12.9. The normalized spacial score (nSPS) is 11.9. The van der Waals surface area contributed by atoms with Gasteiger partial charge >= 0.3 is 6.18 Å². The second-order valence-corrected chi connectivity index (χ2v) is 10.4. The average molecular weight is 495 g/mol. The first kappa shape index (κ1) is 24.8. The summed E-state index contributed by atoms with van der Waals surface area (Å²) in [5.41, 5.74) is 0.696. The van der Waals surface area contributed by atoms with Gasteiger partial charge in [0.1, 0.15) is 5.03 Å². The van der Waals surface area contributed by atoms with Crippen LogP contribution in [0.2, 0.25) is 0 Å². The third kappa shape index (κ3) is 6.82. The Balaban J connectivity index is 1.63. The minimum atomic E-state index is -4.47. The summed E-state index contributed by atoms with van der Waals surface area (Å²) in [6.07, 6.45) is -2.98. The smallest absolute Gasteiger partial charge is 0.348 e. The fraction of sp³-hybridized carbons (Fsp3) is 0.217. The molecule has 0 saturated heterocycles. The Hall–Kier alpha value is -2.85. The number of aromatic nitrogens is 1. The van der Waals surface area contributed by atoms with E-state index in [0.29, 0.717) is 10.6 Å². The fourth-order valence-corrected chi connectivity index (χ4v) is 5.57. The summed E-state index contributed by atoms with van der Waals surface area (Å²) >= 11 is 1.13. The number of amides is 1. The van der Waals surface area contributed by atoms with Crippen LogP contribution in [0.25, 0.3) is 0 Å². The van der Waals surface area contributed by atoms with E-state index in [1.807, 2.05) is 6.92 Å². The van der Waals surface area contributed by atoms with Gasteiger partial charge in [-0.25, -0.2) is 13.4 Å². The number of carbonyl (C=O) groups is 1. The van der Waals surface area contributed by atoms with E-state index in [1.165, 1.54) is 24.4 Å². The number of thioether (sulfide) groups is 1. The third-order valence-electron chi connectivity index (χ3n) is 4.69. The molecule has 1 heterocycles. The van der Waals surface area contributed by atoms with Crippen molar-refractivity contribution in [3.63, 3.8) is 0 Å². The van der Waals surface area contributed by atoms with Gasteiger partial charge in [0.05, 0.1) is 21.8 Å². The predicted molar refractivity (Wildman–Crippen MR) is 121 cm³/mol. The number of nitrogens with zero attached hydrogens (tertiary/aromatic N) is 1. The number of benzene rings is 2. The zero-order valence-electron chi connectivity index (χ0n) is 17.6. The van der Waals surface area contributed by atoms with Crippen LogP contribution < -0.4 is 5.32 Å². The molecular formula is C23H21F3N2O3S2. The minimum Gasteiger partial charge on any atom is -0.348 e. The van der Waals surface area contributed by atoms with E-state index in [-0.39, 0.29) is 28.5 Å². The van der Waals surface area contributed by atoms with Crippen LogP contribution >= 0.6 is 11.8 Å². The van der Waals surface area contributed by atoms with Gasteiger partial charge in [-0.2, -0.15) is 13.2 Å². The molecular weight excluding hydrogens is 473 g/mol. The molecule has 174 valence electrons. The molecule has 3 rings (SSSR count). The molecule has 1 amide bonds. The van der Waals surface area contributed by atoms with E-state index >= 15 is 0 Å². The number of aryl methyl sites for hydroxylation is 1. The molecule has 0 spiro atoms. The highest BCUT2D eigenvalue weighted by Gasteiger charge is 2.30. The lowest BCUT2D eigenvalue weighted by atomic mass is 10.1. The first-order chi connectivity index (χ1) is 15.6. The van der Waals surface area contributed by atoms with Gasteiger partial charge < -0.3 is 5.32 Å². The van der Waals surface area contributed by atoms with E-state index in [1.54, 1.807) is 30.3 Å². The average Bonchev–Trinajstić information content (AvgIpc) is 2.77. The lowest BCUT2D eigenvalue weighted by Gasteiger charge is -2.11. The van der Waals surface area contributed by atoms with Gasteiger partial charge in [0.2, 0.25) is 0 Å². The number of carbonyl (C=O) groups excluding carboxylic acids is 1. The van der Waals surface area contributed by atoms with Gasteiger partial charge in [-0.3, -0.25) is 4.79 Å². The van der Waals surface area contributed by atoms with Gasteiger partial charge in [0, 0.05) is 18.5 Å². The van der Waals surface area contributed by atoms with Crippen molar-refractivity contribution >= 4 is 27.5 Å².